The molecular weight excluding hydrogens is 390 g/mol. The summed E-state index contributed by atoms with van der Waals surface area (Å²) in [6.45, 7) is 3.02. The van der Waals surface area contributed by atoms with Gasteiger partial charge in [-0.1, -0.05) is 12.1 Å². The van der Waals surface area contributed by atoms with Gasteiger partial charge in [0.15, 0.2) is 12.1 Å². The van der Waals surface area contributed by atoms with Crippen LogP contribution in [-0.2, 0) is 4.84 Å². The number of aliphatic hydroxyl groups is 3. The maximum atomic E-state index is 10.5. The van der Waals surface area contributed by atoms with Crippen LogP contribution in [0.4, 0.5) is 5.82 Å². The van der Waals surface area contributed by atoms with E-state index in [2.05, 4.69) is 21.5 Å². The number of benzene rings is 1. The number of hydroxylamine groups is 1. The Balaban J connectivity index is 1.91. The third-order valence-corrected chi connectivity index (χ3v) is 4.43. The van der Waals surface area contributed by atoms with Gasteiger partial charge in [-0.2, -0.15) is 15.7 Å². The first kappa shape index (κ1) is 21.9. The van der Waals surface area contributed by atoms with Gasteiger partial charge in [0.05, 0.1) is 29.9 Å². The zero-order valence-corrected chi connectivity index (χ0v) is 16.7. The number of nitrogens with two attached hydrogens (primary N) is 1. The molecule has 0 amide bonds. The van der Waals surface area contributed by atoms with Crippen LogP contribution in [0.3, 0.4) is 0 Å². The SMILES string of the molecule is CC(C)(O)CONC(O)c1c(N)nc(-c2cccc(C#N)c2)nc1O[C@H]1C[C@@H](O)C1. The lowest BCUT2D eigenvalue weighted by atomic mass is 9.92. The van der Waals surface area contributed by atoms with Crippen LogP contribution >= 0.6 is 0 Å². The first-order valence-corrected chi connectivity index (χ1v) is 9.46. The van der Waals surface area contributed by atoms with Crippen molar-refractivity contribution in [3.8, 4) is 23.3 Å². The highest BCUT2D eigenvalue weighted by Gasteiger charge is 2.32. The summed E-state index contributed by atoms with van der Waals surface area (Å²) >= 11 is 0. The highest BCUT2D eigenvalue weighted by atomic mass is 16.7. The molecule has 3 rings (SSSR count). The number of nitriles is 1. The molecule has 30 heavy (non-hydrogen) atoms. The molecule has 1 fully saturated rings. The molecule has 1 aromatic carbocycles. The number of aromatic nitrogens is 2. The van der Waals surface area contributed by atoms with Crippen LogP contribution in [-0.4, -0.2) is 49.7 Å². The average Bonchev–Trinajstić information content (AvgIpc) is 2.65. The van der Waals surface area contributed by atoms with E-state index in [0.717, 1.165) is 0 Å². The molecule has 1 aromatic heterocycles. The summed E-state index contributed by atoms with van der Waals surface area (Å²) in [6.07, 6.45) is -1.28. The van der Waals surface area contributed by atoms with Crippen molar-refractivity contribution >= 4 is 5.82 Å². The van der Waals surface area contributed by atoms with Crippen molar-refractivity contribution in [3.05, 3.63) is 35.4 Å². The van der Waals surface area contributed by atoms with Crippen LogP contribution < -0.4 is 16.0 Å². The average molecular weight is 415 g/mol. The van der Waals surface area contributed by atoms with Gasteiger partial charge >= 0.3 is 0 Å². The number of hydrogen-bond donors (Lipinski definition) is 5. The quantitative estimate of drug-likeness (QED) is 0.307. The van der Waals surface area contributed by atoms with E-state index in [-0.39, 0.29) is 35.8 Å². The van der Waals surface area contributed by atoms with E-state index in [0.29, 0.717) is 24.0 Å². The second-order valence-corrected chi connectivity index (χ2v) is 7.83. The Morgan fingerprint density at radius 1 is 1.37 bits per heavy atom. The van der Waals surface area contributed by atoms with E-state index in [4.69, 9.17) is 20.6 Å². The van der Waals surface area contributed by atoms with E-state index in [1.165, 1.54) is 0 Å². The number of hydrogen-bond acceptors (Lipinski definition) is 10. The summed E-state index contributed by atoms with van der Waals surface area (Å²) in [4.78, 5) is 13.8. The van der Waals surface area contributed by atoms with Gasteiger partial charge in [0, 0.05) is 18.4 Å². The Hall–Kier alpha value is -2.81. The van der Waals surface area contributed by atoms with Gasteiger partial charge in [0.25, 0.3) is 0 Å². The van der Waals surface area contributed by atoms with Crippen LogP contribution in [0.15, 0.2) is 24.3 Å². The first-order valence-electron chi connectivity index (χ1n) is 9.46. The van der Waals surface area contributed by atoms with Gasteiger partial charge in [-0.25, -0.2) is 4.98 Å². The molecule has 2 aromatic rings. The van der Waals surface area contributed by atoms with Gasteiger partial charge in [-0.05, 0) is 26.0 Å². The molecule has 0 radical (unpaired) electrons. The molecule has 10 nitrogen and oxygen atoms in total. The number of nitrogens with one attached hydrogen (secondary N) is 1. The summed E-state index contributed by atoms with van der Waals surface area (Å²) in [6, 6.07) is 8.75. The lowest BCUT2D eigenvalue weighted by molar-refractivity contribution is -0.109. The minimum atomic E-state index is -1.42. The normalized spacial score (nSPS) is 19.6. The van der Waals surface area contributed by atoms with Gasteiger partial charge in [-0.15, -0.1) is 0 Å². The highest BCUT2D eigenvalue weighted by Crippen LogP contribution is 2.33. The smallest absolute Gasteiger partial charge is 0.226 e. The molecule has 1 unspecified atom stereocenters. The van der Waals surface area contributed by atoms with Crippen LogP contribution in [0.1, 0.15) is 44.0 Å². The predicted octanol–water partition coefficient (Wildman–Crippen LogP) is 0.783. The Morgan fingerprint density at radius 2 is 2.10 bits per heavy atom. The first-order chi connectivity index (χ1) is 14.2. The van der Waals surface area contributed by atoms with E-state index < -0.39 is 17.9 Å². The molecule has 10 heteroatoms. The summed E-state index contributed by atoms with van der Waals surface area (Å²) in [5.41, 5.74) is 8.46. The third kappa shape index (κ3) is 5.41. The molecule has 1 saturated carbocycles. The van der Waals surface area contributed by atoms with Gasteiger partial charge < -0.3 is 25.8 Å². The molecule has 1 atom stereocenters. The number of rotatable bonds is 8. The summed E-state index contributed by atoms with van der Waals surface area (Å²) < 4.78 is 5.86. The fourth-order valence-electron chi connectivity index (χ4n) is 2.82. The zero-order valence-electron chi connectivity index (χ0n) is 16.7. The van der Waals surface area contributed by atoms with E-state index in [1.807, 2.05) is 0 Å². The summed E-state index contributed by atoms with van der Waals surface area (Å²) in [7, 11) is 0. The fraction of sp³-hybridized carbons (Fsp3) is 0.450. The number of aliphatic hydroxyl groups excluding tert-OH is 2. The predicted molar refractivity (Wildman–Crippen MR) is 107 cm³/mol. The van der Waals surface area contributed by atoms with Crippen molar-refractivity contribution < 1.29 is 24.9 Å². The molecule has 0 bridgehead atoms. The molecule has 6 N–H and O–H groups in total. The van der Waals surface area contributed by atoms with E-state index in [1.54, 1.807) is 38.1 Å². The summed E-state index contributed by atoms with van der Waals surface area (Å²) in [5.74, 6) is 0.237. The van der Waals surface area contributed by atoms with Crippen molar-refractivity contribution in [2.24, 2.45) is 0 Å². The molecular formula is C20H25N5O5. The van der Waals surface area contributed by atoms with Crippen molar-refractivity contribution in [1.82, 2.24) is 15.4 Å². The van der Waals surface area contributed by atoms with Crippen LogP contribution in [0, 0.1) is 11.3 Å². The number of ether oxygens (including phenoxy) is 1. The zero-order chi connectivity index (χ0) is 21.9. The number of nitrogens with zero attached hydrogens (tertiary/aromatic N) is 3. The Labute approximate surface area is 173 Å². The maximum Gasteiger partial charge on any atom is 0.226 e. The van der Waals surface area contributed by atoms with Crippen LogP contribution in [0.25, 0.3) is 11.4 Å². The topological polar surface area (TPSA) is 167 Å². The van der Waals surface area contributed by atoms with Crippen molar-refractivity contribution in [3.63, 3.8) is 0 Å². The second-order valence-electron chi connectivity index (χ2n) is 7.83. The second kappa shape index (κ2) is 8.91. The van der Waals surface area contributed by atoms with E-state index >= 15 is 0 Å². The minimum Gasteiger partial charge on any atom is -0.474 e. The molecule has 1 aliphatic rings. The lowest BCUT2D eigenvalue weighted by Crippen LogP contribution is -2.38. The molecule has 160 valence electrons. The van der Waals surface area contributed by atoms with Crippen LogP contribution in [0.2, 0.25) is 0 Å². The number of anilines is 1. The largest absolute Gasteiger partial charge is 0.474 e. The summed E-state index contributed by atoms with van der Waals surface area (Å²) in [5, 5.41) is 38.9. The Morgan fingerprint density at radius 3 is 2.73 bits per heavy atom. The van der Waals surface area contributed by atoms with Crippen molar-refractivity contribution in [2.75, 3.05) is 12.3 Å². The minimum absolute atomic E-state index is 0.0379. The maximum absolute atomic E-state index is 10.5. The molecule has 1 aliphatic carbocycles. The number of nitrogen functional groups attached to an aromatic ring is 1. The van der Waals surface area contributed by atoms with Crippen molar-refractivity contribution in [2.45, 2.75) is 50.7 Å². The molecule has 1 heterocycles. The standard InChI is InChI=1S/C20H25N5O5/c1-20(2,28)10-29-25-18(27)15-16(22)23-17(12-5-3-4-11(6-12)9-21)24-19(15)30-14-7-13(26)8-14/h3-6,13-14,18,25-28H,7-8,10H2,1-2H3,(H2,22,23,24)/t13-,14+,18?. The Kier molecular flexibility index (Phi) is 6.50. The lowest BCUT2D eigenvalue weighted by Gasteiger charge is -2.32. The fourth-order valence-corrected chi connectivity index (χ4v) is 2.82. The van der Waals surface area contributed by atoms with Crippen molar-refractivity contribution in [1.29, 1.82) is 5.26 Å². The van der Waals surface area contributed by atoms with Gasteiger partial charge in [0.2, 0.25) is 5.88 Å². The van der Waals surface area contributed by atoms with Gasteiger partial charge in [0.1, 0.15) is 17.5 Å². The molecule has 0 aliphatic heterocycles. The van der Waals surface area contributed by atoms with Gasteiger partial charge in [-0.3, -0.25) is 4.84 Å². The monoisotopic (exact) mass is 415 g/mol. The highest BCUT2D eigenvalue weighted by molar-refractivity contribution is 5.62. The Bertz CT molecular complexity index is 934. The third-order valence-electron chi connectivity index (χ3n) is 4.43. The molecule has 0 spiro atoms. The van der Waals surface area contributed by atoms with Crippen LogP contribution in [0.5, 0.6) is 5.88 Å². The molecule has 0 saturated heterocycles. The van der Waals surface area contributed by atoms with E-state index in [9.17, 15) is 15.3 Å².